The van der Waals surface area contributed by atoms with E-state index < -0.39 is 12.7 Å². The van der Waals surface area contributed by atoms with E-state index in [0.29, 0.717) is 13.0 Å². The third-order valence-electron chi connectivity index (χ3n) is 3.70. The van der Waals surface area contributed by atoms with Crippen LogP contribution in [0.1, 0.15) is 37.4 Å². The molecule has 0 aliphatic carbocycles. The summed E-state index contributed by atoms with van der Waals surface area (Å²) in [7, 11) is 1.79. The Hall–Kier alpha value is -1.07. The van der Waals surface area contributed by atoms with Gasteiger partial charge in [-0.15, -0.1) is 0 Å². The Morgan fingerprint density at radius 2 is 1.76 bits per heavy atom. The first-order chi connectivity index (χ1) is 9.78. The minimum Gasteiger partial charge on any atom is -0.312 e. The summed E-state index contributed by atoms with van der Waals surface area (Å²) < 4.78 is 38.3. The lowest BCUT2D eigenvalue weighted by Gasteiger charge is -2.35. The Morgan fingerprint density at radius 1 is 1.19 bits per heavy atom. The lowest BCUT2D eigenvalue weighted by atomic mass is 9.98. The van der Waals surface area contributed by atoms with Gasteiger partial charge in [-0.1, -0.05) is 36.8 Å². The van der Waals surface area contributed by atoms with E-state index >= 15 is 0 Å². The molecule has 0 aromatic heterocycles. The minimum atomic E-state index is -4.17. The fraction of sp³-hybridized carbons (Fsp3) is 0.625. The molecule has 21 heavy (non-hydrogen) atoms. The number of benzene rings is 1. The second-order valence-electron chi connectivity index (χ2n) is 5.50. The molecule has 0 heterocycles. The van der Waals surface area contributed by atoms with Gasteiger partial charge in [-0.2, -0.15) is 13.2 Å². The Bertz CT molecular complexity index is 415. The van der Waals surface area contributed by atoms with Gasteiger partial charge in [0, 0.05) is 12.1 Å². The number of aryl methyl sites for hydroxylation is 1. The van der Waals surface area contributed by atoms with E-state index in [2.05, 4.69) is 5.32 Å². The molecule has 0 bridgehead atoms. The van der Waals surface area contributed by atoms with Gasteiger partial charge in [-0.3, -0.25) is 4.90 Å². The van der Waals surface area contributed by atoms with Gasteiger partial charge in [0.05, 0.1) is 6.54 Å². The van der Waals surface area contributed by atoms with Gasteiger partial charge in [0.2, 0.25) is 0 Å². The largest absolute Gasteiger partial charge is 0.401 e. The summed E-state index contributed by atoms with van der Waals surface area (Å²) in [6, 6.07) is 7.56. The van der Waals surface area contributed by atoms with Gasteiger partial charge in [-0.25, -0.2) is 0 Å². The molecular formula is C16H25F3N2. The van der Waals surface area contributed by atoms with E-state index in [-0.39, 0.29) is 12.1 Å². The number of alkyl halides is 3. The standard InChI is InChI=1S/C16H25F3N2/c1-5-10-21(11-16(17,18)19)13(3)15(20-4)14-8-6-12(2)7-9-14/h6-9,13,15,20H,5,10-11H2,1-4H3. The SMILES string of the molecule is CCCN(CC(F)(F)F)C(C)C(NC)c1ccc(C)cc1. The quantitative estimate of drug-likeness (QED) is 0.821. The van der Waals surface area contributed by atoms with Crippen LogP contribution in [-0.4, -0.2) is 37.3 Å². The number of halogens is 3. The molecule has 5 heteroatoms. The third kappa shape index (κ3) is 5.67. The first-order valence-electron chi connectivity index (χ1n) is 7.33. The van der Waals surface area contributed by atoms with Gasteiger partial charge >= 0.3 is 6.18 Å². The number of nitrogens with one attached hydrogen (secondary N) is 1. The van der Waals surface area contributed by atoms with Crippen molar-refractivity contribution >= 4 is 0 Å². The number of hydrogen-bond donors (Lipinski definition) is 1. The fourth-order valence-electron chi connectivity index (χ4n) is 2.62. The number of hydrogen-bond acceptors (Lipinski definition) is 2. The highest BCUT2D eigenvalue weighted by atomic mass is 19.4. The Labute approximate surface area is 125 Å². The predicted molar refractivity (Wildman–Crippen MR) is 80.4 cm³/mol. The van der Waals surface area contributed by atoms with Crippen LogP contribution >= 0.6 is 0 Å². The summed E-state index contributed by atoms with van der Waals surface area (Å²) in [6.45, 7) is 5.31. The van der Waals surface area contributed by atoms with Gasteiger partial charge in [0.15, 0.2) is 0 Å². The molecule has 2 atom stereocenters. The maximum atomic E-state index is 12.8. The molecule has 0 saturated heterocycles. The van der Waals surface area contributed by atoms with Crippen LogP contribution in [0.25, 0.3) is 0 Å². The summed E-state index contributed by atoms with van der Waals surface area (Å²) >= 11 is 0. The van der Waals surface area contributed by atoms with E-state index in [4.69, 9.17) is 0 Å². The van der Waals surface area contributed by atoms with Crippen molar-refractivity contribution in [1.82, 2.24) is 10.2 Å². The van der Waals surface area contributed by atoms with Crippen molar-refractivity contribution in [2.45, 2.75) is 45.5 Å². The number of rotatable bonds is 7. The maximum Gasteiger partial charge on any atom is 0.401 e. The van der Waals surface area contributed by atoms with Crippen molar-refractivity contribution in [2.75, 3.05) is 20.1 Å². The van der Waals surface area contributed by atoms with E-state index in [9.17, 15) is 13.2 Å². The molecule has 1 N–H and O–H groups in total. The zero-order chi connectivity index (χ0) is 16.0. The molecule has 2 unspecified atom stereocenters. The molecule has 0 aliphatic heterocycles. The van der Waals surface area contributed by atoms with Crippen LogP contribution in [0.3, 0.4) is 0 Å². The van der Waals surface area contributed by atoms with Gasteiger partial charge in [0.1, 0.15) is 0 Å². The van der Waals surface area contributed by atoms with Crippen molar-refractivity contribution < 1.29 is 13.2 Å². The third-order valence-corrected chi connectivity index (χ3v) is 3.70. The number of likely N-dealkylation sites (N-methyl/N-ethyl adjacent to an activating group) is 1. The molecule has 1 aromatic carbocycles. The molecule has 1 aromatic rings. The minimum absolute atomic E-state index is 0.125. The van der Waals surface area contributed by atoms with E-state index in [0.717, 1.165) is 11.1 Å². The lowest BCUT2D eigenvalue weighted by Crippen LogP contribution is -2.46. The molecule has 2 nitrogen and oxygen atoms in total. The zero-order valence-corrected chi connectivity index (χ0v) is 13.2. The Balaban J connectivity index is 2.92. The molecule has 0 aliphatic rings. The van der Waals surface area contributed by atoms with Crippen LogP contribution in [0.2, 0.25) is 0 Å². The van der Waals surface area contributed by atoms with E-state index in [1.165, 1.54) is 4.90 Å². The molecule has 0 fully saturated rings. The molecule has 0 saturated carbocycles. The van der Waals surface area contributed by atoms with Crippen LogP contribution in [0.15, 0.2) is 24.3 Å². The monoisotopic (exact) mass is 302 g/mol. The average Bonchev–Trinajstić information content (AvgIpc) is 2.39. The van der Waals surface area contributed by atoms with Crippen LogP contribution in [-0.2, 0) is 0 Å². The highest BCUT2D eigenvalue weighted by Crippen LogP contribution is 2.25. The summed E-state index contributed by atoms with van der Waals surface area (Å²) in [6.07, 6.45) is -3.47. The topological polar surface area (TPSA) is 15.3 Å². The van der Waals surface area contributed by atoms with Gasteiger partial charge in [-0.05, 0) is 39.4 Å². The molecule has 0 radical (unpaired) electrons. The Morgan fingerprint density at radius 3 is 2.19 bits per heavy atom. The molecule has 0 amide bonds. The van der Waals surface area contributed by atoms with Gasteiger partial charge < -0.3 is 5.32 Å². The summed E-state index contributed by atoms with van der Waals surface area (Å²) in [5.41, 5.74) is 2.15. The predicted octanol–water partition coefficient (Wildman–Crippen LogP) is 3.92. The maximum absolute atomic E-state index is 12.8. The zero-order valence-electron chi connectivity index (χ0n) is 13.2. The normalized spacial score (nSPS) is 15.2. The highest BCUT2D eigenvalue weighted by molar-refractivity contribution is 5.25. The molecule has 120 valence electrons. The smallest absolute Gasteiger partial charge is 0.312 e. The first-order valence-corrected chi connectivity index (χ1v) is 7.33. The van der Waals surface area contributed by atoms with Crippen LogP contribution in [0.4, 0.5) is 13.2 Å². The van der Waals surface area contributed by atoms with Crippen molar-refractivity contribution in [3.05, 3.63) is 35.4 Å². The fourth-order valence-corrected chi connectivity index (χ4v) is 2.62. The van der Waals surface area contributed by atoms with Crippen LogP contribution in [0, 0.1) is 6.92 Å². The number of nitrogens with zero attached hydrogens (tertiary/aromatic N) is 1. The summed E-state index contributed by atoms with van der Waals surface area (Å²) in [5.74, 6) is 0. The van der Waals surface area contributed by atoms with E-state index in [1.54, 1.807) is 7.05 Å². The van der Waals surface area contributed by atoms with E-state index in [1.807, 2.05) is 45.0 Å². The molecule has 1 rings (SSSR count). The first kappa shape index (κ1) is 18.0. The van der Waals surface area contributed by atoms with Crippen LogP contribution in [0.5, 0.6) is 0 Å². The molecular weight excluding hydrogens is 277 g/mol. The summed E-state index contributed by atoms with van der Waals surface area (Å²) in [5, 5.41) is 3.15. The van der Waals surface area contributed by atoms with Crippen molar-refractivity contribution in [2.24, 2.45) is 0 Å². The van der Waals surface area contributed by atoms with Crippen LogP contribution < -0.4 is 5.32 Å². The van der Waals surface area contributed by atoms with Crippen molar-refractivity contribution in [1.29, 1.82) is 0 Å². The molecule has 0 spiro atoms. The summed E-state index contributed by atoms with van der Waals surface area (Å²) in [4.78, 5) is 1.50. The average molecular weight is 302 g/mol. The van der Waals surface area contributed by atoms with Gasteiger partial charge in [0.25, 0.3) is 0 Å². The Kier molecular flexibility index (Phi) is 6.68. The van der Waals surface area contributed by atoms with Crippen molar-refractivity contribution in [3.8, 4) is 0 Å². The second-order valence-corrected chi connectivity index (χ2v) is 5.50. The van der Waals surface area contributed by atoms with Crippen molar-refractivity contribution in [3.63, 3.8) is 0 Å². The highest BCUT2D eigenvalue weighted by Gasteiger charge is 2.34. The second kappa shape index (κ2) is 7.80. The lowest BCUT2D eigenvalue weighted by molar-refractivity contribution is -0.151.